The Balaban J connectivity index is 2.17. The Hall–Kier alpha value is -2.09. The highest BCUT2D eigenvalue weighted by Crippen LogP contribution is 2.32. The third-order valence-corrected chi connectivity index (χ3v) is 2.90. The predicted molar refractivity (Wildman–Crippen MR) is 61.3 cm³/mol. The van der Waals surface area contributed by atoms with Crippen LogP contribution in [-0.2, 0) is 15.8 Å². The van der Waals surface area contributed by atoms with Crippen LogP contribution in [0.25, 0.3) is 0 Å². The summed E-state index contributed by atoms with van der Waals surface area (Å²) in [6.07, 6.45) is -4.53. The molecule has 1 aliphatic heterocycles. The SMILES string of the molecule is O=C(O)CN1NC(c2cccc(C(F)(F)F)c2)CC1=O. The van der Waals surface area contributed by atoms with Gasteiger partial charge in [0.25, 0.3) is 0 Å². The summed E-state index contributed by atoms with van der Waals surface area (Å²) in [5.41, 5.74) is 2.09. The maximum absolute atomic E-state index is 12.6. The quantitative estimate of drug-likeness (QED) is 0.885. The van der Waals surface area contributed by atoms with E-state index in [1.54, 1.807) is 0 Å². The van der Waals surface area contributed by atoms with Crippen LogP contribution >= 0.6 is 0 Å². The Morgan fingerprint density at radius 1 is 1.45 bits per heavy atom. The van der Waals surface area contributed by atoms with Gasteiger partial charge in [-0.2, -0.15) is 13.2 Å². The molecule has 1 aromatic rings. The number of nitrogens with one attached hydrogen (secondary N) is 1. The summed E-state index contributed by atoms with van der Waals surface area (Å²) in [5, 5.41) is 9.51. The summed E-state index contributed by atoms with van der Waals surface area (Å²) in [5.74, 6) is -1.66. The maximum Gasteiger partial charge on any atom is 0.416 e. The Kier molecular flexibility index (Phi) is 3.67. The van der Waals surface area contributed by atoms with Crippen molar-refractivity contribution in [1.82, 2.24) is 10.4 Å². The van der Waals surface area contributed by atoms with E-state index in [9.17, 15) is 22.8 Å². The highest BCUT2D eigenvalue weighted by Gasteiger charge is 2.34. The number of hydrogen-bond donors (Lipinski definition) is 2. The van der Waals surface area contributed by atoms with Crippen molar-refractivity contribution in [3.8, 4) is 0 Å². The van der Waals surface area contributed by atoms with E-state index in [0.717, 1.165) is 17.1 Å². The lowest BCUT2D eigenvalue weighted by Gasteiger charge is -2.16. The first kappa shape index (κ1) is 14.3. The summed E-state index contributed by atoms with van der Waals surface area (Å²) < 4.78 is 37.8. The molecule has 108 valence electrons. The van der Waals surface area contributed by atoms with Gasteiger partial charge in [-0.05, 0) is 17.7 Å². The molecule has 1 aromatic carbocycles. The molecule has 1 heterocycles. The number of carboxylic acid groups (broad SMARTS) is 1. The van der Waals surface area contributed by atoms with Crippen LogP contribution in [0.5, 0.6) is 0 Å². The molecule has 2 rings (SSSR count). The van der Waals surface area contributed by atoms with Crippen LogP contribution in [-0.4, -0.2) is 28.5 Å². The van der Waals surface area contributed by atoms with E-state index in [2.05, 4.69) is 5.43 Å². The van der Waals surface area contributed by atoms with Crippen molar-refractivity contribution in [3.63, 3.8) is 0 Å². The normalized spacial score (nSPS) is 19.4. The average Bonchev–Trinajstić information content (AvgIpc) is 2.69. The summed E-state index contributed by atoms with van der Waals surface area (Å²) in [6, 6.07) is 3.96. The predicted octanol–water partition coefficient (Wildman–Crippen LogP) is 1.57. The second-order valence-electron chi connectivity index (χ2n) is 4.38. The third-order valence-electron chi connectivity index (χ3n) is 2.90. The van der Waals surface area contributed by atoms with Crippen molar-refractivity contribution in [2.45, 2.75) is 18.6 Å². The molecule has 1 fully saturated rings. The molecule has 1 unspecified atom stereocenters. The minimum Gasteiger partial charge on any atom is -0.480 e. The zero-order chi connectivity index (χ0) is 14.9. The number of carbonyl (C=O) groups is 2. The van der Waals surface area contributed by atoms with Gasteiger partial charge in [-0.25, -0.2) is 5.43 Å². The van der Waals surface area contributed by atoms with Gasteiger partial charge < -0.3 is 5.11 Å². The molecule has 1 atom stereocenters. The fourth-order valence-corrected chi connectivity index (χ4v) is 1.98. The van der Waals surface area contributed by atoms with Gasteiger partial charge >= 0.3 is 12.1 Å². The first-order valence-corrected chi connectivity index (χ1v) is 5.73. The Labute approximate surface area is 112 Å². The molecule has 0 aromatic heterocycles. The molecule has 0 bridgehead atoms. The van der Waals surface area contributed by atoms with E-state index in [-0.39, 0.29) is 6.42 Å². The molecule has 5 nitrogen and oxygen atoms in total. The van der Waals surface area contributed by atoms with Crippen molar-refractivity contribution in [1.29, 1.82) is 0 Å². The zero-order valence-corrected chi connectivity index (χ0v) is 10.1. The average molecular weight is 288 g/mol. The van der Waals surface area contributed by atoms with Crippen LogP contribution in [0.2, 0.25) is 0 Å². The van der Waals surface area contributed by atoms with E-state index < -0.39 is 36.2 Å². The van der Waals surface area contributed by atoms with Crippen molar-refractivity contribution >= 4 is 11.9 Å². The Morgan fingerprint density at radius 2 is 2.15 bits per heavy atom. The highest BCUT2D eigenvalue weighted by molar-refractivity contribution is 5.83. The first-order valence-electron chi connectivity index (χ1n) is 5.73. The molecule has 1 aliphatic rings. The minimum absolute atomic E-state index is 0.0748. The van der Waals surface area contributed by atoms with Gasteiger partial charge in [-0.15, -0.1) is 0 Å². The zero-order valence-electron chi connectivity index (χ0n) is 10.1. The Morgan fingerprint density at radius 3 is 2.75 bits per heavy atom. The fourth-order valence-electron chi connectivity index (χ4n) is 1.98. The van der Waals surface area contributed by atoms with Crippen molar-refractivity contribution < 1.29 is 27.9 Å². The summed E-state index contributed by atoms with van der Waals surface area (Å²) in [4.78, 5) is 22.1. The number of rotatable bonds is 3. The number of amides is 1. The number of aliphatic carboxylic acids is 1. The lowest BCUT2D eigenvalue weighted by Crippen LogP contribution is -2.39. The lowest BCUT2D eigenvalue weighted by molar-refractivity contribution is -0.144. The van der Waals surface area contributed by atoms with Crippen molar-refractivity contribution in [2.75, 3.05) is 6.54 Å². The second kappa shape index (κ2) is 5.12. The summed E-state index contributed by atoms with van der Waals surface area (Å²) in [7, 11) is 0. The van der Waals surface area contributed by atoms with Crippen LogP contribution in [0.4, 0.5) is 13.2 Å². The number of alkyl halides is 3. The number of halogens is 3. The summed E-state index contributed by atoms with van der Waals surface area (Å²) >= 11 is 0. The van der Waals surface area contributed by atoms with E-state index in [0.29, 0.717) is 5.56 Å². The van der Waals surface area contributed by atoms with Gasteiger partial charge in [-0.3, -0.25) is 14.6 Å². The molecule has 2 N–H and O–H groups in total. The van der Waals surface area contributed by atoms with E-state index in [4.69, 9.17) is 5.11 Å². The molecular formula is C12H11F3N2O3. The number of benzene rings is 1. The van der Waals surface area contributed by atoms with Gasteiger partial charge in [0.2, 0.25) is 5.91 Å². The van der Waals surface area contributed by atoms with Crippen LogP contribution in [0.15, 0.2) is 24.3 Å². The van der Waals surface area contributed by atoms with Gasteiger partial charge in [0.1, 0.15) is 6.54 Å². The molecule has 1 amide bonds. The number of nitrogens with zero attached hydrogens (tertiary/aromatic N) is 1. The number of carbonyl (C=O) groups excluding carboxylic acids is 1. The minimum atomic E-state index is -4.46. The molecular weight excluding hydrogens is 277 g/mol. The Bertz CT molecular complexity index is 545. The molecule has 0 aliphatic carbocycles. The van der Waals surface area contributed by atoms with Crippen molar-refractivity contribution in [3.05, 3.63) is 35.4 Å². The van der Waals surface area contributed by atoms with Crippen LogP contribution in [0, 0.1) is 0 Å². The molecule has 8 heteroatoms. The van der Waals surface area contributed by atoms with Crippen LogP contribution in [0.3, 0.4) is 0 Å². The number of carboxylic acids is 1. The van der Waals surface area contributed by atoms with E-state index in [1.165, 1.54) is 12.1 Å². The second-order valence-corrected chi connectivity index (χ2v) is 4.38. The lowest BCUT2D eigenvalue weighted by atomic mass is 10.0. The molecule has 1 saturated heterocycles. The highest BCUT2D eigenvalue weighted by atomic mass is 19.4. The smallest absolute Gasteiger partial charge is 0.416 e. The molecule has 20 heavy (non-hydrogen) atoms. The largest absolute Gasteiger partial charge is 0.480 e. The van der Waals surface area contributed by atoms with Gasteiger partial charge in [0, 0.05) is 6.42 Å². The van der Waals surface area contributed by atoms with Crippen molar-refractivity contribution in [2.24, 2.45) is 0 Å². The van der Waals surface area contributed by atoms with Crippen LogP contribution in [0.1, 0.15) is 23.6 Å². The number of hydrogen-bond acceptors (Lipinski definition) is 3. The van der Waals surface area contributed by atoms with Crippen LogP contribution < -0.4 is 5.43 Å². The maximum atomic E-state index is 12.6. The van der Waals surface area contributed by atoms with E-state index in [1.807, 2.05) is 0 Å². The molecule has 0 radical (unpaired) electrons. The standard InChI is InChI=1S/C12H11F3N2O3/c13-12(14,15)8-3-1-2-7(4-8)9-5-10(18)17(16-9)6-11(19)20/h1-4,9,16H,5-6H2,(H,19,20). The van der Waals surface area contributed by atoms with E-state index >= 15 is 0 Å². The molecule has 0 saturated carbocycles. The van der Waals surface area contributed by atoms with Gasteiger partial charge in [0.05, 0.1) is 11.6 Å². The number of hydrazine groups is 1. The topological polar surface area (TPSA) is 69.6 Å². The monoisotopic (exact) mass is 288 g/mol. The molecule has 0 spiro atoms. The van der Waals surface area contributed by atoms with Gasteiger partial charge in [-0.1, -0.05) is 12.1 Å². The summed E-state index contributed by atoms with van der Waals surface area (Å²) in [6.45, 7) is -0.533. The fraction of sp³-hybridized carbons (Fsp3) is 0.333. The first-order chi connectivity index (χ1) is 9.27. The third kappa shape index (κ3) is 3.08. The van der Waals surface area contributed by atoms with Gasteiger partial charge in [0.15, 0.2) is 0 Å².